The Bertz CT molecular complexity index is 984. The highest BCUT2D eigenvalue weighted by molar-refractivity contribution is 7.86. The molecule has 2 aromatic carbocycles. The van der Waals surface area contributed by atoms with Crippen LogP contribution < -0.4 is 0 Å². The van der Waals surface area contributed by atoms with E-state index < -0.39 is 28.4 Å². The molecule has 0 radical (unpaired) electrons. The Morgan fingerprint density at radius 1 is 0.941 bits per heavy atom. The Kier molecular flexibility index (Phi) is 10.5. The molecule has 9 heteroatoms. The lowest BCUT2D eigenvalue weighted by Crippen LogP contribution is -2.55. The van der Waals surface area contributed by atoms with Crippen molar-refractivity contribution in [3.05, 3.63) is 71.8 Å². The second-order valence-electron chi connectivity index (χ2n) is 9.06. The van der Waals surface area contributed by atoms with Crippen LogP contribution in [0.3, 0.4) is 0 Å². The summed E-state index contributed by atoms with van der Waals surface area (Å²) in [6.07, 6.45) is -1.54. The standard InChI is InChI=1S/C25H37N3O5S/c1-20(2)15-16-28(34(32,33)26(3)4)23(17-21-11-7-5-8-12-21)24(29)19-27(25(30)31)18-22-13-9-6-10-14-22/h5-14,20,23-24,29H,15-19H2,1-4H3,(H,30,31). The van der Waals surface area contributed by atoms with Crippen LogP contribution >= 0.6 is 0 Å². The fourth-order valence-corrected chi connectivity index (χ4v) is 5.01. The molecule has 2 rings (SSSR count). The number of hydrogen-bond acceptors (Lipinski definition) is 4. The van der Waals surface area contributed by atoms with Crippen LogP contribution in [-0.2, 0) is 23.2 Å². The Balaban J connectivity index is 2.40. The summed E-state index contributed by atoms with van der Waals surface area (Å²) in [7, 11) is -0.951. The number of hydrogen-bond donors (Lipinski definition) is 2. The van der Waals surface area contributed by atoms with E-state index in [1.807, 2.05) is 74.5 Å². The molecule has 8 nitrogen and oxygen atoms in total. The third-order valence-corrected chi connectivity index (χ3v) is 7.65. The van der Waals surface area contributed by atoms with Gasteiger partial charge >= 0.3 is 6.09 Å². The third-order valence-electron chi connectivity index (χ3n) is 5.68. The average molecular weight is 492 g/mol. The van der Waals surface area contributed by atoms with Gasteiger partial charge < -0.3 is 15.1 Å². The number of carboxylic acid groups (broad SMARTS) is 1. The maximum absolute atomic E-state index is 13.3. The van der Waals surface area contributed by atoms with Gasteiger partial charge in [-0.2, -0.15) is 17.0 Å². The number of nitrogens with zero attached hydrogens (tertiary/aromatic N) is 3. The molecule has 2 unspecified atom stereocenters. The number of rotatable bonds is 13. The number of carbonyl (C=O) groups is 1. The molecule has 0 bridgehead atoms. The van der Waals surface area contributed by atoms with Gasteiger partial charge in [0, 0.05) is 27.2 Å². The molecule has 1 amide bonds. The van der Waals surface area contributed by atoms with Crippen LogP contribution in [0.4, 0.5) is 4.79 Å². The Morgan fingerprint density at radius 2 is 1.47 bits per heavy atom. The molecule has 2 aromatic rings. The van der Waals surface area contributed by atoms with Gasteiger partial charge in [0.1, 0.15) is 0 Å². The van der Waals surface area contributed by atoms with E-state index in [9.17, 15) is 23.4 Å². The van der Waals surface area contributed by atoms with Crippen LogP contribution in [-0.4, -0.2) is 77.6 Å². The van der Waals surface area contributed by atoms with Crippen molar-refractivity contribution in [3.8, 4) is 0 Å². The molecule has 0 heterocycles. The quantitative estimate of drug-likeness (QED) is 0.448. The number of amides is 1. The largest absolute Gasteiger partial charge is 0.465 e. The lowest BCUT2D eigenvalue weighted by atomic mass is 10.00. The smallest absolute Gasteiger partial charge is 0.407 e. The second-order valence-corrected chi connectivity index (χ2v) is 11.2. The summed E-state index contributed by atoms with van der Waals surface area (Å²) in [6, 6.07) is 17.6. The monoisotopic (exact) mass is 491 g/mol. The molecular formula is C25H37N3O5S. The third kappa shape index (κ3) is 8.09. The predicted molar refractivity (Wildman–Crippen MR) is 134 cm³/mol. The van der Waals surface area contributed by atoms with E-state index in [4.69, 9.17) is 0 Å². The summed E-state index contributed by atoms with van der Waals surface area (Å²) in [5.41, 5.74) is 1.65. The normalized spacial score (nSPS) is 13.9. The van der Waals surface area contributed by atoms with Crippen LogP contribution in [0.1, 0.15) is 31.4 Å². The van der Waals surface area contributed by atoms with Crippen molar-refractivity contribution in [1.29, 1.82) is 0 Å². The Hall–Kier alpha value is -2.46. The van der Waals surface area contributed by atoms with Gasteiger partial charge in [0.15, 0.2) is 0 Å². The van der Waals surface area contributed by atoms with Gasteiger partial charge in [0.25, 0.3) is 10.2 Å². The first kappa shape index (κ1) is 27.8. The first-order valence-corrected chi connectivity index (χ1v) is 12.8. The van der Waals surface area contributed by atoms with Gasteiger partial charge in [-0.1, -0.05) is 74.5 Å². The van der Waals surface area contributed by atoms with Gasteiger partial charge in [-0.05, 0) is 29.9 Å². The van der Waals surface area contributed by atoms with E-state index in [0.29, 0.717) is 6.42 Å². The van der Waals surface area contributed by atoms with Gasteiger partial charge in [0.2, 0.25) is 0 Å². The van der Waals surface area contributed by atoms with E-state index in [-0.39, 0.29) is 32.0 Å². The summed E-state index contributed by atoms with van der Waals surface area (Å²) in [6.45, 7) is 4.11. The maximum atomic E-state index is 13.3. The van der Waals surface area contributed by atoms with E-state index >= 15 is 0 Å². The van der Waals surface area contributed by atoms with Crippen molar-refractivity contribution >= 4 is 16.3 Å². The SMILES string of the molecule is CC(C)CCN(C(Cc1ccccc1)C(O)CN(Cc1ccccc1)C(=O)O)S(=O)(=O)N(C)C. The van der Waals surface area contributed by atoms with Gasteiger partial charge in [-0.3, -0.25) is 0 Å². The molecule has 0 fully saturated rings. The maximum Gasteiger partial charge on any atom is 0.407 e. The highest BCUT2D eigenvalue weighted by Gasteiger charge is 2.37. The molecule has 0 aromatic heterocycles. The fourth-order valence-electron chi connectivity index (χ4n) is 3.69. The molecule has 0 spiro atoms. The van der Waals surface area contributed by atoms with Crippen molar-refractivity contribution in [2.24, 2.45) is 5.92 Å². The zero-order valence-corrected chi connectivity index (χ0v) is 21.2. The molecule has 2 N–H and O–H groups in total. The zero-order chi connectivity index (χ0) is 25.3. The Morgan fingerprint density at radius 3 is 1.94 bits per heavy atom. The molecule has 0 aliphatic carbocycles. The summed E-state index contributed by atoms with van der Waals surface area (Å²) in [5, 5.41) is 21.1. The van der Waals surface area contributed by atoms with Crippen LogP contribution in [0.2, 0.25) is 0 Å². The van der Waals surface area contributed by atoms with Crippen molar-refractivity contribution < 1.29 is 23.4 Å². The van der Waals surface area contributed by atoms with Crippen LogP contribution in [0.25, 0.3) is 0 Å². The molecular weight excluding hydrogens is 454 g/mol. The molecule has 188 valence electrons. The van der Waals surface area contributed by atoms with Gasteiger partial charge in [-0.25, -0.2) is 4.79 Å². The topological polar surface area (TPSA) is 101 Å². The predicted octanol–water partition coefficient (Wildman–Crippen LogP) is 3.29. The summed E-state index contributed by atoms with van der Waals surface area (Å²) >= 11 is 0. The van der Waals surface area contributed by atoms with Crippen LogP contribution in [0.15, 0.2) is 60.7 Å². The van der Waals surface area contributed by atoms with E-state index in [2.05, 4.69) is 0 Å². The minimum atomic E-state index is -3.87. The van der Waals surface area contributed by atoms with E-state index in [1.54, 1.807) is 0 Å². The van der Waals surface area contributed by atoms with Crippen molar-refractivity contribution in [1.82, 2.24) is 13.5 Å². The first-order chi connectivity index (χ1) is 16.0. The molecule has 0 aliphatic rings. The van der Waals surface area contributed by atoms with Crippen molar-refractivity contribution in [2.45, 2.75) is 45.4 Å². The van der Waals surface area contributed by atoms with Gasteiger partial charge in [0.05, 0.1) is 18.7 Å². The van der Waals surface area contributed by atoms with Gasteiger partial charge in [-0.15, -0.1) is 0 Å². The molecule has 0 saturated heterocycles. The summed E-state index contributed by atoms with van der Waals surface area (Å²) in [4.78, 5) is 13.1. The first-order valence-electron chi connectivity index (χ1n) is 11.5. The number of aliphatic hydroxyl groups excluding tert-OH is 1. The van der Waals surface area contributed by atoms with Crippen molar-refractivity contribution in [2.75, 3.05) is 27.2 Å². The molecule has 0 aliphatic heterocycles. The highest BCUT2D eigenvalue weighted by Crippen LogP contribution is 2.21. The summed E-state index contributed by atoms with van der Waals surface area (Å²) in [5.74, 6) is 0.253. The van der Waals surface area contributed by atoms with Crippen LogP contribution in [0.5, 0.6) is 0 Å². The number of benzene rings is 2. The summed E-state index contributed by atoms with van der Waals surface area (Å²) < 4.78 is 29.1. The number of aliphatic hydroxyl groups is 1. The average Bonchev–Trinajstić information content (AvgIpc) is 2.78. The lowest BCUT2D eigenvalue weighted by molar-refractivity contribution is 0.0473. The molecule has 34 heavy (non-hydrogen) atoms. The van der Waals surface area contributed by atoms with Crippen LogP contribution in [0, 0.1) is 5.92 Å². The Labute approximate surface area is 203 Å². The van der Waals surface area contributed by atoms with E-state index in [1.165, 1.54) is 18.4 Å². The molecule has 0 saturated carbocycles. The second kappa shape index (κ2) is 12.9. The lowest BCUT2D eigenvalue weighted by Gasteiger charge is -2.37. The molecule has 2 atom stereocenters. The van der Waals surface area contributed by atoms with E-state index in [0.717, 1.165) is 20.3 Å². The minimum Gasteiger partial charge on any atom is -0.465 e. The highest BCUT2D eigenvalue weighted by atomic mass is 32.2. The minimum absolute atomic E-state index is 0.0950. The van der Waals surface area contributed by atoms with Crippen molar-refractivity contribution in [3.63, 3.8) is 0 Å². The zero-order valence-electron chi connectivity index (χ0n) is 20.4. The fraction of sp³-hybridized carbons (Fsp3) is 0.480.